The van der Waals surface area contributed by atoms with Crippen LogP contribution in [0.2, 0.25) is 0 Å². The number of carbonyl (C=O) groups excluding carboxylic acids is 3. The summed E-state index contributed by atoms with van der Waals surface area (Å²) < 4.78 is 0. The van der Waals surface area contributed by atoms with Crippen LogP contribution in [-0.2, 0) is 20.9 Å². The van der Waals surface area contributed by atoms with E-state index >= 15 is 0 Å². The van der Waals surface area contributed by atoms with Crippen molar-refractivity contribution < 1.29 is 24.3 Å². The highest BCUT2D eigenvalue weighted by Crippen LogP contribution is 2.01. The maximum absolute atomic E-state index is 11.9. The molecule has 1 aromatic rings. The van der Waals surface area contributed by atoms with Crippen molar-refractivity contribution in [3.8, 4) is 0 Å². The fourth-order valence-electron chi connectivity index (χ4n) is 2.29. The van der Waals surface area contributed by atoms with Crippen LogP contribution in [0.25, 0.3) is 0 Å². The highest BCUT2D eigenvalue weighted by atomic mass is 16.4. The van der Waals surface area contributed by atoms with Crippen LogP contribution >= 0.6 is 0 Å². The van der Waals surface area contributed by atoms with Crippen LogP contribution in [0.15, 0.2) is 30.3 Å². The molecule has 0 aliphatic carbocycles. The number of benzene rings is 1. The van der Waals surface area contributed by atoms with Gasteiger partial charge >= 0.3 is 12.0 Å². The largest absolute Gasteiger partial charge is 0.480 e. The van der Waals surface area contributed by atoms with Crippen molar-refractivity contribution in [3.63, 3.8) is 0 Å². The first kappa shape index (κ1) is 22.1. The third kappa shape index (κ3) is 9.36. The van der Waals surface area contributed by atoms with Gasteiger partial charge in [0.25, 0.3) is 0 Å². The quantitative estimate of drug-likeness (QED) is 0.464. The molecule has 0 spiro atoms. The summed E-state index contributed by atoms with van der Waals surface area (Å²) in [5.41, 5.74) is 0.902. The summed E-state index contributed by atoms with van der Waals surface area (Å²) in [7, 11) is 0. The third-order valence-electron chi connectivity index (χ3n) is 3.85. The van der Waals surface area contributed by atoms with Crippen LogP contribution in [0, 0.1) is 0 Å². The SMILES string of the molecule is CC(=O)NCCN(CCC(=O)NC(=O)NCc1ccccc1)C(C)C(=O)O. The average molecular weight is 378 g/mol. The Balaban J connectivity index is 2.41. The van der Waals surface area contributed by atoms with E-state index in [1.807, 2.05) is 30.3 Å². The van der Waals surface area contributed by atoms with Crippen molar-refractivity contribution in [2.24, 2.45) is 0 Å². The molecule has 0 fully saturated rings. The second kappa shape index (κ2) is 11.6. The Bertz CT molecular complexity index is 650. The molecule has 148 valence electrons. The number of nitrogens with one attached hydrogen (secondary N) is 3. The van der Waals surface area contributed by atoms with Crippen LogP contribution in [0.1, 0.15) is 25.8 Å². The number of imide groups is 1. The van der Waals surface area contributed by atoms with Gasteiger partial charge in [0.2, 0.25) is 11.8 Å². The van der Waals surface area contributed by atoms with E-state index in [9.17, 15) is 19.2 Å². The summed E-state index contributed by atoms with van der Waals surface area (Å²) in [5, 5.41) is 16.5. The van der Waals surface area contributed by atoms with Crippen molar-refractivity contribution in [3.05, 3.63) is 35.9 Å². The molecule has 27 heavy (non-hydrogen) atoms. The van der Waals surface area contributed by atoms with Gasteiger partial charge in [0.15, 0.2) is 0 Å². The maximum atomic E-state index is 11.9. The minimum absolute atomic E-state index is 0.0452. The second-order valence-electron chi connectivity index (χ2n) is 6.00. The molecule has 0 radical (unpaired) electrons. The maximum Gasteiger partial charge on any atom is 0.321 e. The summed E-state index contributed by atoms with van der Waals surface area (Å²) in [6, 6.07) is 7.82. The van der Waals surface area contributed by atoms with Gasteiger partial charge in [-0.3, -0.25) is 24.6 Å². The number of nitrogens with zero attached hydrogens (tertiary/aromatic N) is 1. The summed E-state index contributed by atoms with van der Waals surface area (Å²) >= 11 is 0. The van der Waals surface area contributed by atoms with E-state index in [0.717, 1.165) is 5.56 Å². The Labute approximate surface area is 158 Å². The van der Waals surface area contributed by atoms with Crippen LogP contribution in [0.4, 0.5) is 4.79 Å². The van der Waals surface area contributed by atoms with Crippen LogP contribution in [0.3, 0.4) is 0 Å². The molecular formula is C18H26N4O5. The van der Waals surface area contributed by atoms with Crippen LogP contribution < -0.4 is 16.0 Å². The number of carboxylic acids is 1. The zero-order chi connectivity index (χ0) is 20.2. The molecule has 9 heteroatoms. The lowest BCUT2D eigenvalue weighted by Gasteiger charge is -2.25. The number of carboxylic acid groups (broad SMARTS) is 1. The molecule has 0 aliphatic rings. The summed E-state index contributed by atoms with van der Waals surface area (Å²) in [4.78, 5) is 47.4. The van der Waals surface area contributed by atoms with Gasteiger partial charge in [-0.2, -0.15) is 0 Å². The number of hydrogen-bond acceptors (Lipinski definition) is 5. The average Bonchev–Trinajstić information content (AvgIpc) is 2.62. The van der Waals surface area contributed by atoms with E-state index in [-0.39, 0.29) is 32.0 Å². The summed E-state index contributed by atoms with van der Waals surface area (Å²) in [5.74, 6) is -1.76. The molecule has 1 aromatic carbocycles. The Morgan fingerprint density at radius 1 is 1.07 bits per heavy atom. The molecule has 4 amide bonds. The first-order valence-electron chi connectivity index (χ1n) is 8.62. The van der Waals surface area contributed by atoms with E-state index in [0.29, 0.717) is 6.54 Å². The van der Waals surface area contributed by atoms with Crippen LogP contribution in [-0.4, -0.2) is 59.5 Å². The van der Waals surface area contributed by atoms with Gasteiger partial charge in [-0.15, -0.1) is 0 Å². The zero-order valence-electron chi connectivity index (χ0n) is 15.5. The number of urea groups is 1. The highest BCUT2D eigenvalue weighted by Gasteiger charge is 2.21. The second-order valence-corrected chi connectivity index (χ2v) is 6.00. The monoisotopic (exact) mass is 378 g/mol. The molecule has 1 unspecified atom stereocenters. The first-order chi connectivity index (χ1) is 12.8. The highest BCUT2D eigenvalue weighted by molar-refractivity contribution is 5.94. The third-order valence-corrected chi connectivity index (χ3v) is 3.85. The van der Waals surface area contributed by atoms with Crippen molar-refractivity contribution in [2.45, 2.75) is 32.9 Å². The van der Waals surface area contributed by atoms with Gasteiger partial charge in [-0.1, -0.05) is 30.3 Å². The van der Waals surface area contributed by atoms with E-state index < -0.39 is 23.9 Å². The molecule has 0 bridgehead atoms. The van der Waals surface area contributed by atoms with Gasteiger partial charge < -0.3 is 15.7 Å². The minimum Gasteiger partial charge on any atom is -0.480 e. The number of amides is 4. The Hall–Kier alpha value is -2.94. The van der Waals surface area contributed by atoms with Crippen LogP contribution in [0.5, 0.6) is 0 Å². The Morgan fingerprint density at radius 3 is 2.33 bits per heavy atom. The van der Waals surface area contributed by atoms with Gasteiger partial charge in [0, 0.05) is 39.5 Å². The minimum atomic E-state index is -1.03. The topological polar surface area (TPSA) is 128 Å². The molecule has 4 N–H and O–H groups in total. The van der Waals surface area contributed by atoms with Crippen molar-refractivity contribution >= 4 is 23.8 Å². The van der Waals surface area contributed by atoms with Gasteiger partial charge in [-0.05, 0) is 12.5 Å². The molecule has 0 saturated heterocycles. The lowest BCUT2D eigenvalue weighted by molar-refractivity contribution is -0.143. The Kier molecular flexibility index (Phi) is 9.52. The number of carbonyl (C=O) groups is 4. The van der Waals surface area contributed by atoms with E-state index in [1.165, 1.54) is 13.8 Å². The Morgan fingerprint density at radius 2 is 1.74 bits per heavy atom. The number of hydrogen-bond donors (Lipinski definition) is 4. The van der Waals surface area contributed by atoms with Crippen molar-refractivity contribution in [1.29, 1.82) is 0 Å². The predicted molar refractivity (Wildman–Crippen MR) is 98.8 cm³/mol. The van der Waals surface area contributed by atoms with E-state index in [1.54, 1.807) is 4.90 Å². The van der Waals surface area contributed by atoms with Crippen molar-refractivity contribution in [2.75, 3.05) is 19.6 Å². The fourth-order valence-corrected chi connectivity index (χ4v) is 2.29. The zero-order valence-corrected chi connectivity index (χ0v) is 15.5. The normalized spacial score (nSPS) is 11.5. The van der Waals surface area contributed by atoms with E-state index in [2.05, 4.69) is 16.0 Å². The standard InChI is InChI=1S/C18H26N4O5/c1-13(17(25)26)22(11-9-19-14(2)23)10-8-16(24)21-18(27)20-12-15-6-4-3-5-7-15/h3-7,13H,8-12H2,1-2H3,(H,19,23)(H,25,26)(H2,20,21,24,27). The smallest absolute Gasteiger partial charge is 0.321 e. The lowest BCUT2D eigenvalue weighted by atomic mass is 10.2. The molecule has 0 heterocycles. The summed E-state index contributed by atoms with van der Waals surface area (Å²) in [6.07, 6.45) is -0.0452. The lowest BCUT2D eigenvalue weighted by Crippen LogP contribution is -2.45. The van der Waals surface area contributed by atoms with Crippen molar-refractivity contribution in [1.82, 2.24) is 20.9 Å². The number of rotatable bonds is 10. The van der Waals surface area contributed by atoms with Gasteiger partial charge in [-0.25, -0.2) is 4.79 Å². The van der Waals surface area contributed by atoms with Gasteiger partial charge in [0.1, 0.15) is 6.04 Å². The molecule has 1 atom stereocenters. The molecule has 0 aromatic heterocycles. The molecule has 1 rings (SSSR count). The van der Waals surface area contributed by atoms with E-state index in [4.69, 9.17) is 5.11 Å². The molecular weight excluding hydrogens is 352 g/mol. The fraction of sp³-hybridized carbons (Fsp3) is 0.444. The van der Waals surface area contributed by atoms with Gasteiger partial charge in [0.05, 0.1) is 0 Å². The predicted octanol–water partition coefficient (Wildman–Crippen LogP) is 0.314. The molecule has 9 nitrogen and oxygen atoms in total. The first-order valence-corrected chi connectivity index (χ1v) is 8.62. The molecule has 0 aliphatic heterocycles. The molecule has 0 saturated carbocycles. The summed E-state index contributed by atoms with van der Waals surface area (Å²) in [6.45, 7) is 3.85. The number of aliphatic carboxylic acids is 1.